The molecule has 6 nitrogen and oxygen atoms in total. The van der Waals surface area contributed by atoms with E-state index in [1.165, 1.54) is 0 Å². The maximum atomic E-state index is 12.6. The fourth-order valence-corrected chi connectivity index (χ4v) is 3.45. The SMILES string of the molecule is Cc1ccc(C)c(NC(=O)CC2Cn3ncc(-c4ccccc4)c3NC2=O)c1. The molecule has 1 aliphatic heterocycles. The number of amides is 2. The van der Waals surface area contributed by atoms with E-state index in [0.717, 1.165) is 27.9 Å². The minimum atomic E-state index is -0.457. The molecule has 1 atom stereocenters. The summed E-state index contributed by atoms with van der Waals surface area (Å²) < 4.78 is 1.76. The van der Waals surface area contributed by atoms with Gasteiger partial charge in [-0.1, -0.05) is 42.5 Å². The summed E-state index contributed by atoms with van der Waals surface area (Å²) in [6.07, 6.45) is 1.86. The van der Waals surface area contributed by atoms with Crippen molar-refractivity contribution in [3.63, 3.8) is 0 Å². The first kappa shape index (κ1) is 18.0. The molecule has 2 heterocycles. The quantitative estimate of drug-likeness (QED) is 0.730. The molecule has 0 bridgehead atoms. The van der Waals surface area contributed by atoms with E-state index >= 15 is 0 Å². The number of hydrogen-bond donors (Lipinski definition) is 2. The van der Waals surface area contributed by atoms with Crippen LogP contribution in [-0.4, -0.2) is 21.6 Å². The molecule has 6 heteroatoms. The van der Waals surface area contributed by atoms with Gasteiger partial charge in [-0.3, -0.25) is 9.59 Å². The predicted molar refractivity (Wildman–Crippen MR) is 109 cm³/mol. The summed E-state index contributed by atoms with van der Waals surface area (Å²) >= 11 is 0. The summed E-state index contributed by atoms with van der Waals surface area (Å²) in [5.41, 5.74) is 4.73. The Morgan fingerprint density at radius 1 is 1.21 bits per heavy atom. The minimum absolute atomic E-state index is 0.110. The molecule has 2 amide bonds. The lowest BCUT2D eigenvalue weighted by Crippen LogP contribution is -2.36. The van der Waals surface area contributed by atoms with Crippen LogP contribution in [0.1, 0.15) is 17.5 Å². The van der Waals surface area contributed by atoms with E-state index in [0.29, 0.717) is 12.4 Å². The van der Waals surface area contributed by atoms with Crippen LogP contribution < -0.4 is 10.6 Å². The number of rotatable bonds is 4. The van der Waals surface area contributed by atoms with Crippen LogP contribution in [0.2, 0.25) is 0 Å². The van der Waals surface area contributed by atoms with Gasteiger partial charge in [0.15, 0.2) is 0 Å². The van der Waals surface area contributed by atoms with Crippen LogP contribution in [0.15, 0.2) is 54.7 Å². The van der Waals surface area contributed by atoms with E-state index in [9.17, 15) is 9.59 Å². The van der Waals surface area contributed by atoms with Crippen LogP contribution in [0.3, 0.4) is 0 Å². The third kappa shape index (κ3) is 3.53. The maximum absolute atomic E-state index is 12.6. The smallest absolute Gasteiger partial charge is 0.231 e. The molecule has 1 aromatic heterocycles. The van der Waals surface area contributed by atoms with E-state index in [-0.39, 0.29) is 18.2 Å². The fraction of sp³-hybridized carbons (Fsp3) is 0.227. The van der Waals surface area contributed by atoms with E-state index in [4.69, 9.17) is 0 Å². The molecule has 0 radical (unpaired) electrons. The molecule has 1 aliphatic rings. The molecule has 1 unspecified atom stereocenters. The van der Waals surface area contributed by atoms with E-state index in [1.54, 1.807) is 10.9 Å². The molecule has 28 heavy (non-hydrogen) atoms. The van der Waals surface area contributed by atoms with Crippen molar-refractivity contribution in [2.45, 2.75) is 26.8 Å². The summed E-state index contributed by atoms with van der Waals surface area (Å²) in [5.74, 6) is -0.0995. The van der Waals surface area contributed by atoms with Gasteiger partial charge in [0, 0.05) is 17.7 Å². The lowest BCUT2D eigenvalue weighted by atomic mass is 10.0. The number of anilines is 2. The Bertz CT molecular complexity index is 1040. The second-order valence-electron chi connectivity index (χ2n) is 7.21. The van der Waals surface area contributed by atoms with Crippen molar-refractivity contribution in [1.29, 1.82) is 0 Å². The standard InChI is InChI=1S/C22H22N4O2/c1-14-8-9-15(2)19(10-14)24-20(27)11-17-13-26-21(25-22(17)28)18(12-23-26)16-6-4-3-5-7-16/h3-10,12,17H,11,13H2,1-2H3,(H,24,27)(H,25,28). The van der Waals surface area contributed by atoms with Crippen LogP contribution in [0.25, 0.3) is 11.1 Å². The molecule has 3 aromatic rings. The topological polar surface area (TPSA) is 76.0 Å². The zero-order valence-corrected chi connectivity index (χ0v) is 15.9. The Balaban J connectivity index is 1.48. The second-order valence-corrected chi connectivity index (χ2v) is 7.21. The summed E-state index contributed by atoms with van der Waals surface area (Å²) in [7, 11) is 0. The zero-order valence-electron chi connectivity index (χ0n) is 15.9. The van der Waals surface area contributed by atoms with Crippen LogP contribution in [-0.2, 0) is 16.1 Å². The summed E-state index contributed by atoms with van der Waals surface area (Å²) in [4.78, 5) is 25.1. The molecular formula is C22H22N4O2. The lowest BCUT2D eigenvalue weighted by molar-refractivity contribution is -0.125. The van der Waals surface area contributed by atoms with E-state index in [2.05, 4.69) is 15.7 Å². The van der Waals surface area contributed by atoms with E-state index in [1.807, 2.05) is 62.4 Å². The third-order valence-corrected chi connectivity index (χ3v) is 5.03. The van der Waals surface area contributed by atoms with Crippen molar-refractivity contribution in [3.05, 3.63) is 65.9 Å². The summed E-state index contributed by atoms with van der Waals surface area (Å²) in [6, 6.07) is 15.7. The molecule has 2 aromatic carbocycles. The number of nitrogens with one attached hydrogen (secondary N) is 2. The molecule has 0 aliphatic carbocycles. The van der Waals surface area contributed by atoms with Crippen LogP contribution in [0.5, 0.6) is 0 Å². The van der Waals surface area contributed by atoms with E-state index < -0.39 is 5.92 Å². The lowest BCUT2D eigenvalue weighted by Gasteiger charge is -2.24. The Hall–Kier alpha value is -3.41. The number of benzene rings is 2. The average molecular weight is 374 g/mol. The number of carbonyl (C=O) groups is 2. The molecular weight excluding hydrogens is 352 g/mol. The first-order valence-corrected chi connectivity index (χ1v) is 9.30. The number of aryl methyl sites for hydroxylation is 2. The van der Waals surface area contributed by atoms with Gasteiger partial charge in [-0.2, -0.15) is 5.10 Å². The zero-order chi connectivity index (χ0) is 19.7. The molecule has 142 valence electrons. The molecule has 0 spiro atoms. The number of hydrogen-bond acceptors (Lipinski definition) is 3. The van der Waals surface area contributed by atoms with Crippen molar-refractivity contribution >= 4 is 23.3 Å². The highest BCUT2D eigenvalue weighted by atomic mass is 16.2. The Morgan fingerprint density at radius 2 is 2.00 bits per heavy atom. The largest absolute Gasteiger partial charge is 0.326 e. The van der Waals surface area contributed by atoms with Crippen molar-refractivity contribution < 1.29 is 9.59 Å². The number of carbonyl (C=O) groups excluding carboxylic acids is 2. The fourth-order valence-electron chi connectivity index (χ4n) is 3.45. The first-order chi connectivity index (χ1) is 13.5. The van der Waals surface area contributed by atoms with Gasteiger partial charge in [0.05, 0.1) is 18.7 Å². The monoisotopic (exact) mass is 374 g/mol. The van der Waals surface area contributed by atoms with Gasteiger partial charge < -0.3 is 10.6 Å². The first-order valence-electron chi connectivity index (χ1n) is 9.30. The third-order valence-electron chi connectivity index (χ3n) is 5.03. The van der Waals surface area contributed by atoms with Gasteiger partial charge in [-0.25, -0.2) is 4.68 Å². The van der Waals surface area contributed by atoms with Crippen LogP contribution in [0, 0.1) is 19.8 Å². The number of aromatic nitrogens is 2. The van der Waals surface area contributed by atoms with Gasteiger partial charge in [-0.05, 0) is 36.6 Å². The highest BCUT2D eigenvalue weighted by Gasteiger charge is 2.30. The second kappa shape index (κ2) is 7.31. The Kier molecular flexibility index (Phi) is 4.69. The predicted octanol–water partition coefficient (Wildman–Crippen LogP) is 3.76. The summed E-state index contributed by atoms with van der Waals surface area (Å²) in [5, 5.41) is 10.3. The number of nitrogens with zero attached hydrogens (tertiary/aromatic N) is 2. The maximum Gasteiger partial charge on any atom is 0.231 e. The van der Waals surface area contributed by atoms with Crippen LogP contribution in [0.4, 0.5) is 11.5 Å². The molecule has 4 rings (SSSR count). The van der Waals surface area contributed by atoms with Gasteiger partial charge in [0.1, 0.15) is 5.82 Å². The van der Waals surface area contributed by atoms with Crippen LogP contribution >= 0.6 is 0 Å². The van der Waals surface area contributed by atoms with Crippen molar-refractivity contribution in [3.8, 4) is 11.1 Å². The average Bonchev–Trinajstić information content (AvgIpc) is 3.08. The molecule has 0 saturated heterocycles. The van der Waals surface area contributed by atoms with Gasteiger partial charge in [0.2, 0.25) is 11.8 Å². The highest BCUT2D eigenvalue weighted by Crippen LogP contribution is 2.32. The summed E-state index contributed by atoms with van der Waals surface area (Å²) in [6.45, 7) is 4.31. The Morgan fingerprint density at radius 3 is 2.79 bits per heavy atom. The molecule has 2 N–H and O–H groups in total. The molecule has 0 saturated carbocycles. The van der Waals surface area contributed by atoms with Crippen molar-refractivity contribution in [2.75, 3.05) is 10.6 Å². The number of fused-ring (bicyclic) bond motifs is 1. The van der Waals surface area contributed by atoms with Crippen molar-refractivity contribution in [1.82, 2.24) is 9.78 Å². The normalized spacial score (nSPS) is 15.6. The van der Waals surface area contributed by atoms with Crippen molar-refractivity contribution in [2.24, 2.45) is 5.92 Å². The highest BCUT2D eigenvalue weighted by molar-refractivity contribution is 6.00. The minimum Gasteiger partial charge on any atom is -0.326 e. The van der Waals surface area contributed by atoms with Gasteiger partial charge in [-0.15, -0.1) is 0 Å². The molecule has 0 fully saturated rings. The van der Waals surface area contributed by atoms with Gasteiger partial charge in [0.25, 0.3) is 0 Å². The Labute approximate surface area is 163 Å². The van der Waals surface area contributed by atoms with Gasteiger partial charge >= 0.3 is 0 Å².